The average Bonchev–Trinajstić information content (AvgIpc) is 3.04. The van der Waals surface area contributed by atoms with Crippen molar-refractivity contribution in [2.24, 2.45) is 0 Å². The molecule has 0 amide bonds. The quantitative estimate of drug-likeness (QED) is 0.190. The van der Waals surface area contributed by atoms with E-state index in [0.717, 1.165) is 6.42 Å². The largest absolute Gasteiger partial charge is 4.00 e. The summed E-state index contributed by atoms with van der Waals surface area (Å²) in [5.41, 5.74) is 2.73. The molecule has 0 aliphatic heterocycles. The van der Waals surface area contributed by atoms with Gasteiger partial charge in [0.2, 0.25) is 0 Å². The van der Waals surface area contributed by atoms with Crippen molar-refractivity contribution in [3.63, 3.8) is 0 Å². The maximum Gasteiger partial charge on any atom is 4.00 e. The molecule has 4 rings (SSSR count). The molecular weight excluding hydrogens is 483 g/mol. The molecule has 0 saturated heterocycles. The van der Waals surface area contributed by atoms with E-state index < -0.39 is 8.07 Å². The van der Waals surface area contributed by atoms with Gasteiger partial charge in [-0.25, -0.2) is 11.1 Å². The van der Waals surface area contributed by atoms with Gasteiger partial charge in [0, 0.05) is 0 Å². The maximum atomic E-state index is 3.61. The average molecular weight is 506 g/mol. The molecule has 0 saturated carbocycles. The molecule has 1 aliphatic carbocycles. The van der Waals surface area contributed by atoms with E-state index in [9.17, 15) is 0 Å². The molecule has 0 bridgehead atoms. The van der Waals surface area contributed by atoms with Crippen molar-refractivity contribution < 1.29 is 58.9 Å². The van der Waals surface area contributed by atoms with E-state index in [2.05, 4.69) is 111 Å². The van der Waals surface area contributed by atoms with Gasteiger partial charge in [0.15, 0.2) is 8.07 Å². The van der Waals surface area contributed by atoms with E-state index >= 15 is 0 Å². The van der Waals surface area contributed by atoms with E-state index in [-0.39, 0.29) is 58.9 Å². The molecule has 0 aromatic heterocycles. The second kappa shape index (κ2) is 12.7. The summed E-state index contributed by atoms with van der Waals surface area (Å²) in [6, 6.07) is 33.3. The van der Waals surface area contributed by atoms with Gasteiger partial charge in [0.05, 0.1) is 0 Å². The summed E-state index contributed by atoms with van der Waals surface area (Å²) < 4.78 is 0. The zero-order valence-corrected chi connectivity index (χ0v) is 21.8. The second-order valence-corrected chi connectivity index (χ2v) is 10.8. The SMILES string of the molecule is CC1=[C-]CC([Si](c2ccccc2)(c2ccccc2)c2ccccc2)=C1C.[Cl-].[Cl-].[Cl-].[Ti+4]. The third kappa shape index (κ3) is 5.05. The normalized spacial score (nSPS) is 12.5. The number of benzene rings is 3. The molecule has 0 radical (unpaired) electrons. The van der Waals surface area contributed by atoms with Crippen LogP contribution in [0.25, 0.3) is 0 Å². The maximum absolute atomic E-state index is 3.61. The molecule has 5 heteroatoms. The molecule has 0 unspecified atom stereocenters. The Bertz CT molecular complexity index is 874. The van der Waals surface area contributed by atoms with Crippen molar-refractivity contribution in [3.05, 3.63) is 113 Å². The minimum atomic E-state index is -2.30. The Hall–Kier alpha value is -1.06. The zero-order chi connectivity index (χ0) is 18.0. The molecule has 0 N–H and O–H groups in total. The first-order chi connectivity index (χ1) is 12.7. The van der Waals surface area contributed by atoms with Crippen LogP contribution in [0.3, 0.4) is 0 Å². The van der Waals surface area contributed by atoms with E-state index in [1.54, 1.807) is 5.20 Å². The van der Waals surface area contributed by atoms with Crippen molar-refractivity contribution >= 4 is 23.6 Å². The van der Waals surface area contributed by atoms with Gasteiger partial charge < -0.3 is 37.2 Å². The molecule has 152 valence electrons. The third-order valence-electron chi connectivity index (χ3n) is 5.62. The van der Waals surface area contributed by atoms with Gasteiger partial charge in [0.1, 0.15) is 0 Å². The molecule has 0 nitrogen and oxygen atoms in total. The van der Waals surface area contributed by atoms with Crippen LogP contribution in [0.1, 0.15) is 20.3 Å². The van der Waals surface area contributed by atoms with Crippen molar-refractivity contribution in [2.45, 2.75) is 20.3 Å². The Labute approximate surface area is 215 Å². The Morgan fingerprint density at radius 2 is 0.933 bits per heavy atom. The van der Waals surface area contributed by atoms with Crippen LogP contribution >= 0.6 is 0 Å². The van der Waals surface area contributed by atoms with Gasteiger partial charge in [-0.1, -0.05) is 97.9 Å². The van der Waals surface area contributed by atoms with Crippen LogP contribution in [-0.4, -0.2) is 8.07 Å². The third-order valence-corrected chi connectivity index (χ3v) is 10.7. The number of rotatable bonds is 4. The number of hydrogen-bond donors (Lipinski definition) is 0. The second-order valence-electron chi connectivity index (χ2n) is 6.93. The van der Waals surface area contributed by atoms with E-state index in [1.165, 1.54) is 26.7 Å². The number of allylic oxidation sites excluding steroid dienone is 4. The van der Waals surface area contributed by atoms with E-state index in [1.807, 2.05) is 0 Å². The van der Waals surface area contributed by atoms with Crippen LogP contribution in [0.4, 0.5) is 0 Å². The Morgan fingerprint density at radius 1 is 0.600 bits per heavy atom. The fraction of sp³-hybridized carbons (Fsp3) is 0.120. The smallest absolute Gasteiger partial charge is 1.00 e. The van der Waals surface area contributed by atoms with Crippen molar-refractivity contribution in [1.29, 1.82) is 0 Å². The fourth-order valence-corrected chi connectivity index (χ4v) is 9.44. The van der Waals surface area contributed by atoms with Gasteiger partial charge in [0.25, 0.3) is 0 Å². The first-order valence-electron chi connectivity index (χ1n) is 9.19. The molecule has 30 heavy (non-hydrogen) atoms. The van der Waals surface area contributed by atoms with E-state index in [0.29, 0.717) is 0 Å². The summed E-state index contributed by atoms with van der Waals surface area (Å²) in [6.07, 6.45) is 4.54. The van der Waals surface area contributed by atoms with Crippen molar-refractivity contribution in [2.75, 3.05) is 0 Å². The van der Waals surface area contributed by atoms with Crippen LogP contribution < -0.4 is 52.8 Å². The van der Waals surface area contributed by atoms with Crippen LogP contribution in [0.2, 0.25) is 0 Å². The fourth-order valence-electron chi connectivity index (χ4n) is 4.21. The first-order valence-corrected chi connectivity index (χ1v) is 11.2. The standard InChI is InChI=1S/C25H23Si.3ClH.Ti/c1-20-18-19-25(21(20)2)26(22-12-6-3-7-13-22,23-14-8-4-9-15-23)24-16-10-5-11-17-24;;;;/h3-17H,19H2,1-2H3;3*1H;/q-1;;;;+4/p-3. The van der Waals surface area contributed by atoms with Crippen LogP contribution in [0.5, 0.6) is 0 Å². The molecule has 1 aliphatic rings. The summed E-state index contributed by atoms with van der Waals surface area (Å²) in [4.78, 5) is 0. The summed E-state index contributed by atoms with van der Waals surface area (Å²) in [6.45, 7) is 4.48. The van der Waals surface area contributed by atoms with Crippen LogP contribution in [0, 0.1) is 6.08 Å². The zero-order valence-electron chi connectivity index (χ0n) is 17.0. The molecule has 0 heterocycles. The van der Waals surface area contributed by atoms with Crippen LogP contribution in [0.15, 0.2) is 107 Å². The topological polar surface area (TPSA) is 0 Å². The summed E-state index contributed by atoms with van der Waals surface area (Å²) in [5.74, 6) is 0. The van der Waals surface area contributed by atoms with Crippen molar-refractivity contribution in [1.82, 2.24) is 0 Å². The Kier molecular flexibility index (Phi) is 12.3. The van der Waals surface area contributed by atoms with Gasteiger partial charge in [-0.2, -0.15) is 5.20 Å². The summed E-state index contributed by atoms with van der Waals surface area (Å²) in [7, 11) is -2.30. The molecular formula is C25H23Cl3SiTi. The Balaban J connectivity index is 0.00000210. The minimum Gasteiger partial charge on any atom is -1.00 e. The molecule has 0 atom stereocenters. The summed E-state index contributed by atoms with van der Waals surface area (Å²) >= 11 is 0. The Morgan fingerprint density at radius 3 is 1.20 bits per heavy atom. The van der Waals surface area contributed by atoms with Gasteiger partial charge in [-0.05, 0) is 15.6 Å². The predicted octanol–water partition coefficient (Wildman–Crippen LogP) is -4.82. The molecule has 0 fully saturated rings. The minimum absolute atomic E-state index is 0. The number of halogens is 3. The summed E-state index contributed by atoms with van der Waals surface area (Å²) in [5, 5.41) is 5.91. The predicted molar refractivity (Wildman–Crippen MR) is 114 cm³/mol. The van der Waals surface area contributed by atoms with E-state index in [4.69, 9.17) is 0 Å². The van der Waals surface area contributed by atoms with Gasteiger partial charge in [-0.3, -0.25) is 6.08 Å². The monoisotopic (exact) mass is 504 g/mol. The number of hydrogen-bond acceptors (Lipinski definition) is 0. The molecule has 0 spiro atoms. The van der Waals surface area contributed by atoms with Crippen molar-refractivity contribution in [3.8, 4) is 0 Å². The molecule has 3 aromatic carbocycles. The molecule has 3 aromatic rings. The van der Waals surface area contributed by atoms with Gasteiger partial charge in [-0.15, -0.1) is 13.3 Å². The van der Waals surface area contributed by atoms with Crippen LogP contribution in [-0.2, 0) is 21.7 Å². The van der Waals surface area contributed by atoms with Gasteiger partial charge >= 0.3 is 21.7 Å². The first kappa shape index (κ1) is 28.9.